The summed E-state index contributed by atoms with van der Waals surface area (Å²) in [6.07, 6.45) is 11.3. The van der Waals surface area contributed by atoms with Crippen LogP contribution in [0, 0.1) is 23.8 Å². The van der Waals surface area contributed by atoms with Gasteiger partial charge >= 0.3 is 6.18 Å². The van der Waals surface area contributed by atoms with E-state index in [0.29, 0.717) is 12.3 Å². The summed E-state index contributed by atoms with van der Waals surface area (Å²) in [6, 6.07) is 0. The number of hydrogen-bond acceptors (Lipinski definition) is 2. The average Bonchev–Trinajstić information content (AvgIpc) is 2.84. The molecule has 3 nitrogen and oxygen atoms in total. The highest BCUT2D eigenvalue weighted by Crippen LogP contribution is 2.40. The van der Waals surface area contributed by atoms with Gasteiger partial charge in [-0.15, -0.1) is 12.3 Å². The second-order valence-corrected chi connectivity index (χ2v) is 9.53. The van der Waals surface area contributed by atoms with Crippen LogP contribution >= 0.6 is 0 Å². The summed E-state index contributed by atoms with van der Waals surface area (Å²) in [7, 11) is 0. The molecule has 0 aromatic heterocycles. The lowest BCUT2D eigenvalue weighted by Crippen LogP contribution is -2.30. The number of amidine groups is 1. The highest BCUT2D eigenvalue weighted by Gasteiger charge is 2.41. The van der Waals surface area contributed by atoms with Crippen molar-refractivity contribution in [2.24, 2.45) is 11.8 Å². The van der Waals surface area contributed by atoms with E-state index in [1.807, 2.05) is 36.1 Å². The molecule has 1 saturated carbocycles. The van der Waals surface area contributed by atoms with Crippen molar-refractivity contribution in [1.82, 2.24) is 9.80 Å². The zero-order valence-corrected chi connectivity index (χ0v) is 23.0. The standard InChI is InChI=1S/C20H31F3N2.C10H18N/c1-4-6-13-25(12-5-2)19(24)14-16(3)10-11-17-8-7-9-18(15-17)20(21,22)23;1-4-7-10-11(8-5-2)9-6-3/h4,10-11,14,17-18,24H,1,5-9,12-13,15H2,2-3H3;1,7H,5-6,8-10H2,2-3H3/b11-10+,16-14-,24-19?;. The number of nitrogens with one attached hydrogen (secondary N) is 1. The van der Waals surface area contributed by atoms with E-state index in [1.165, 1.54) is 12.8 Å². The zero-order valence-electron chi connectivity index (χ0n) is 23.0. The molecule has 0 aliphatic heterocycles. The van der Waals surface area contributed by atoms with Gasteiger partial charge in [0.15, 0.2) is 0 Å². The summed E-state index contributed by atoms with van der Waals surface area (Å²) in [5.74, 6) is -0.745. The summed E-state index contributed by atoms with van der Waals surface area (Å²) < 4.78 is 38.6. The average molecular weight is 509 g/mol. The van der Waals surface area contributed by atoms with Gasteiger partial charge in [0.1, 0.15) is 5.84 Å². The molecule has 6 heteroatoms. The summed E-state index contributed by atoms with van der Waals surface area (Å²) >= 11 is 0. The van der Waals surface area contributed by atoms with E-state index in [1.54, 1.807) is 6.08 Å². The Morgan fingerprint density at radius 1 is 1.08 bits per heavy atom. The molecule has 0 aromatic carbocycles. The van der Waals surface area contributed by atoms with Gasteiger partial charge in [-0.2, -0.15) is 13.2 Å². The Labute approximate surface area is 219 Å². The molecule has 0 aromatic rings. The first-order chi connectivity index (χ1) is 17.1. The molecule has 0 saturated heterocycles. The Balaban J connectivity index is 0.000000935. The van der Waals surface area contributed by atoms with E-state index in [0.717, 1.165) is 57.6 Å². The smallest absolute Gasteiger partial charge is 0.357 e. The molecule has 2 atom stereocenters. The first-order valence-corrected chi connectivity index (χ1v) is 13.5. The van der Waals surface area contributed by atoms with Gasteiger partial charge in [-0.1, -0.05) is 45.4 Å². The number of allylic oxidation sites excluding steroid dienone is 3. The van der Waals surface area contributed by atoms with Gasteiger partial charge in [0.2, 0.25) is 0 Å². The molecule has 1 rings (SSSR count). The van der Waals surface area contributed by atoms with Crippen LogP contribution in [0.5, 0.6) is 0 Å². The van der Waals surface area contributed by atoms with Crippen LogP contribution in [0.15, 0.2) is 48.3 Å². The number of nitrogens with zero attached hydrogens (tertiary/aromatic N) is 2. The molecule has 0 amide bonds. The number of hydrogen-bond donors (Lipinski definition) is 1. The topological polar surface area (TPSA) is 30.3 Å². The molecule has 1 aliphatic rings. The molecule has 1 radical (unpaired) electrons. The predicted octanol–water partition coefficient (Wildman–Crippen LogP) is 8.38. The molecule has 36 heavy (non-hydrogen) atoms. The molecule has 1 fully saturated rings. The van der Waals surface area contributed by atoms with Crippen molar-refractivity contribution in [3.8, 4) is 0 Å². The first kappa shape index (κ1) is 34.0. The van der Waals surface area contributed by atoms with Crippen LogP contribution in [0.2, 0.25) is 0 Å². The monoisotopic (exact) mass is 508 g/mol. The maximum Gasteiger partial charge on any atom is 0.391 e. The van der Waals surface area contributed by atoms with Crippen molar-refractivity contribution < 1.29 is 13.2 Å². The second-order valence-electron chi connectivity index (χ2n) is 9.53. The van der Waals surface area contributed by atoms with Crippen LogP contribution in [0.1, 0.15) is 79.1 Å². The van der Waals surface area contributed by atoms with Crippen molar-refractivity contribution in [2.75, 3.05) is 32.7 Å². The minimum atomic E-state index is -4.08. The summed E-state index contributed by atoms with van der Waals surface area (Å²) in [4.78, 5) is 4.37. The molecule has 1 N–H and O–H groups in total. The van der Waals surface area contributed by atoms with Crippen molar-refractivity contribution >= 4 is 5.84 Å². The van der Waals surface area contributed by atoms with Crippen molar-refractivity contribution in [1.29, 1.82) is 5.41 Å². The normalized spacial score (nSPS) is 18.4. The quantitative estimate of drug-likeness (QED) is 0.0840. The Bertz CT molecular complexity index is 711. The molecule has 0 bridgehead atoms. The maximum absolute atomic E-state index is 12.9. The third-order valence-electron chi connectivity index (χ3n) is 6.16. The predicted molar refractivity (Wildman–Crippen MR) is 148 cm³/mol. The molecule has 205 valence electrons. The molecule has 2 unspecified atom stereocenters. The van der Waals surface area contributed by atoms with Crippen molar-refractivity contribution in [2.45, 2.75) is 85.2 Å². The van der Waals surface area contributed by atoms with Crippen LogP contribution in [0.25, 0.3) is 0 Å². The Morgan fingerprint density at radius 2 is 1.72 bits per heavy atom. The summed E-state index contributed by atoms with van der Waals surface area (Å²) in [5.41, 5.74) is 3.45. The fourth-order valence-electron chi connectivity index (χ4n) is 4.32. The number of alkyl halides is 3. The molecule has 1 aliphatic carbocycles. The van der Waals surface area contributed by atoms with E-state index in [9.17, 15) is 13.2 Å². The minimum Gasteiger partial charge on any atom is -0.357 e. The van der Waals surface area contributed by atoms with Gasteiger partial charge in [-0.25, -0.2) is 0 Å². The van der Waals surface area contributed by atoms with Crippen LogP contribution in [-0.4, -0.2) is 54.5 Å². The van der Waals surface area contributed by atoms with Crippen LogP contribution in [-0.2, 0) is 0 Å². The highest BCUT2D eigenvalue weighted by atomic mass is 19.4. The Morgan fingerprint density at radius 3 is 2.25 bits per heavy atom. The highest BCUT2D eigenvalue weighted by molar-refractivity contribution is 5.91. The lowest BCUT2D eigenvalue weighted by Gasteiger charge is -2.28. The molecule has 0 heterocycles. The van der Waals surface area contributed by atoms with Gasteiger partial charge in [-0.3, -0.25) is 10.3 Å². The largest absolute Gasteiger partial charge is 0.391 e. The van der Waals surface area contributed by atoms with Crippen molar-refractivity contribution in [3.05, 3.63) is 54.8 Å². The second kappa shape index (κ2) is 20.1. The van der Waals surface area contributed by atoms with Gasteiger partial charge in [0.05, 0.1) is 5.92 Å². The zero-order chi connectivity index (χ0) is 27.4. The van der Waals surface area contributed by atoms with Crippen LogP contribution in [0.3, 0.4) is 0 Å². The van der Waals surface area contributed by atoms with Crippen LogP contribution < -0.4 is 0 Å². The third-order valence-corrected chi connectivity index (χ3v) is 6.16. The van der Waals surface area contributed by atoms with Gasteiger partial charge in [-0.05, 0) is 95.2 Å². The fourth-order valence-corrected chi connectivity index (χ4v) is 4.32. The van der Waals surface area contributed by atoms with E-state index in [4.69, 9.17) is 12.0 Å². The minimum absolute atomic E-state index is 0.0228. The van der Waals surface area contributed by atoms with Gasteiger partial charge in [0.25, 0.3) is 0 Å². The SMILES string of the molecule is C=CCCN(CCC)C(=N)/C=C(C)\C=C\C1CCCC(C(F)(F)F)C1.[CH]=C=CCN(CCC)CCC. The molecule has 0 spiro atoms. The molecular formula is C30H49F3N3. The van der Waals surface area contributed by atoms with E-state index >= 15 is 0 Å². The number of rotatable bonds is 14. The Kier molecular flexibility index (Phi) is 18.9. The van der Waals surface area contributed by atoms with Gasteiger partial charge < -0.3 is 4.90 Å². The van der Waals surface area contributed by atoms with Gasteiger partial charge in [0, 0.05) is 19.6 Å². The summed E-state index contributed by atoms with van der Waals surface area (Å²) in [5, 5.41) is 8.23. The number of halogens is 3. The fraction of sp³-hybridized carbons (Fsp3) is 0.667. The van der Waals surface area contributed by atoms with E-state index in [2.05, 4.69) is 38.0 Å². The van der Waals surface area contributed by atoms with E-state index in [-0.39, 0.29) is 18.8 Å². The molecular weight excluding hydrogens is 459 g/mol. The van der Waals surface area contributed by atoms with Crippen LogP contribution in [0.4, 0.5) is 13.2 Å². The Hall–Kier alpha value is -2.04. The van der Waals surface area contributed by atoms with Crippen molar-refractivity contribution in [3.63, 3.8) is 0 Å². The van der Waals surface area contributed by atoms with E-state index < -0.39 is 12.1 Å². The lowest BCUT2D eigenvalue weighted by atomic mass is 9.81. The lowest BCUT2D eigenvalue weighted by molar-refractivity contribution is -0.184. The third kappa shape index (κ3) is 15.9. The summed E-state index contributed by atoms with van der Waals surface area (Å²) in [6.45, 7) is 22.0. The first-order valence-electron chi connectivity index (χ1n) is 13.5. The maximum atomic E-state index is 12.9.